The van der Waals surface area contributed by atoms with Crippen LogP contribution in [0.5, 0.6) is 5.75 Å². The maximum absolute atomic E-state index is 12.1. The fourth-order valence-corrected chi connectivity index (χ4v) is 3.46. The molecule has 0 heterocycles. The number of aryl methyl sites for hydroxylation is 1. The van der Waals surface area contributed by atoms with Crippen molar-refractivity contribution < 1.29 is 9.53 Å². The third-order valence-corrected chi connectivity index (χ3v) is 4.88. The molecule has 0 aliphatic heterocycles. The van der Waals surface area contributed by atoms with Crippen molar-refractivity contribution in [3.05, 3.63) is 58.1 Å². The number of hydrogen-bond acceptors (Lipinski definition) is 3. The molecule has 122 valence electrons. The molecule has 0 aliphatic carbocycles. The minimum absolute atomic E-state index is 0.0184. The Morgan fingerprint density at radius 1 is 1.22 bits per heavy atom. The van der Waals surface area contributed by atoms with Gasteiger partial charge in [-0.3, -0.25) is 4.79 Å². The molecule has 23 heavy (non-hydrogen) atoms. The molecule has 0 unspecified atom stereocenters. The number of para-hydroxylation sites is 1. The van der Waals surface area contributed by atoms with Crippen molar-refractivity contribution in [2.45, 2.75) is 19.1 Å². The molecular weight excluding hydrogens is 374 g/mol. The Bertz CT molecular complexity index is 676. The summed E-state index contributed by atoms with van der Waals surface area (Å²) >= 11 is 5.03. The molecule has 3 nitrogen and oxygen atoms in total. The van der Waals surface area contributed by atoms with E-state index in [1.165, 1.54) is 0 Å². The number of methoxy groups -OCH3 is 1. The van der Waals surface area contributed by atoms with Crippen LogP contribution in [0.4, 0.5) is 5.69 Å². The van der Waals surface area contributed by atoms with E-state index >= 15 is 0 Å². The van der Waals surface area contributed by atoms with Crippen LogP contribution in [0.1, 0.15) is 18.1 Å². The molecule has 5 heteroatoms. The minimum atomic E-state index is 0.0184. The van der Waals surface area contributed by atoms with Crippen LogP contribution in [0.15, 0.2) is 46.9 Å². The van der Waals surface area contributed by atoms with Crippen LogP contribution >= 0.6 is 27.7 Å². The summed E-state index contributed by atoms with van der Waals surface area (Å²) in [5, 5.41) is 2.99. The first-order valence-corrected chi connectivity index (χ1v) is 9.36. The molecule has 2 aromatic rings. The van der Waals surface area contributed by atoms with Gasteiger partial charge in [-0.15, -0.1) is 11.8 Å². The molecule has 0 aromatic heterocycles. The molecule has 0 aliphatic rings. The summed E-state index contributed by atoms with van der Waals surface area (Å²) in [6.07, 6.45) is 0.902. The van der Waals surface area contributed by atoms with Crippen molar-refractivity contribution in [2.75, 3.05) is 18.2 Å². The number of thioether (sulfide) groups is 1. The number of anilines is 1. The van der Waals surface area contributed by atoms with Gasteiger partial charge in [-0.25, -0.2) is 0 Å². The van der Waals surface area contributed by atoms with Gasteiger partial charge in [0.05, 0.1) is 12.9 Å². The van der Waals surface area contributed by atoms with Crippen molar-refractivity contribution in [1.82, 2.24) is 0 Å². The summed E-state index contributed by atoms with van der Waals surface area (Å²) in [5.74, 6) is 2.00. The smallest absolute Gasteiger partial charge is 0.234 e. The molecule has 0 atom stereocenters. The standard InChI is InChI=1S/C18H20BrNO2S/c1-3-13-6-4-5-7-16(13)20-18(21)12-23-11-14-10-15(19)8-9-17(14)22-2/h4-10H,3,11-12H2,1-2H3,(H,20,21). The molecule has 0 radical (unpaired) electrons. The van der Waals surface area contributed by atoms with Gasteiger partial charge < -0.3 is 10.1 Å². The zero-order valence-electron chi connectivity index (χ0n) is 13.3. The van der Waals surface area contributed by atoms with E-state index in [2.05, 4.69) is 28.2 Å². The SMILES string of the molecule is CCc1ccccc1NC(=O)CSCc1cc(Br)ccc1OC. The van der Waals surface area contributed by atoms with Crippen LogP contribution in [0, 0.1) is 0 Å². The number of nitrogens with one attached hydrogen (secondary N) is 1. The number of carbonyl (C=O) groups is 1. The third kappa shape index (κ3) is 5.29. The molecule has 0 fully saturated rings. The molecular formula is C18H20BrNO2S. The third-order valence-electron chi connectivity index (χ3n) is 3.41. The van der Waals surface area contributed by atoms with E-state index in [-0.39, 0.29) is 5.91 Å². The second-order valence-corrected chi connectivity index (χ2v) is 6.91. The van der Waals surface area contributed by atoms with Crippen LogP contribution in [0.2, 0.25) is 0 Å². The van der Waals surface area contributed by atoms with Gasteiger partial charge in [0.2, 0.25) is 5.91 Å². The zero-order valence-corrected chi connectivity index (χ0v) is 15.7. The summed E-state index contributed by atoms with van der Waals surface area (Å²) in [7, 11) is 1.66. The largest absolute Gasteiger partial charge is 0.496 e. The van der Waals surface area contributed by atoms with E-state index in [0.717, 1.165) is 39.2 Å². The number of halogens is 1. The van der Waals surface area contributed by atoms with E-state index in [1.54, 1.807) is 18.9 Å². The molecule has 2 aromatic carbocycles. The summed E-state index contributed by atoms with van der Waals surface area (Å²) in [5.41, 5.74) is 3.13. The normalized spacial score (nSPS) is 10.4. The summed E-state index contributed by atoms with van der Waals surface area (Å²) in [4.78, 5) is 12.1. The predicted molar refractivity (Wildman–Crippen MR) is 101 cm³/mol. The monoisotopic (exact) mass is 393 g/mol. The molecule has 2 rings (SSSR count). The molecule has 0 saturated carbocycles. The Balaban J connectivity index is 1.89. The number of rotatable bonds is 7. The average molecular weight is 394 g/mol. The Labute approximate surface area is 149 Å². The first-order chi connectivity index (χ1) is 11.1. The Morgan fingerprint density at radius 2 is 2.00 bits per heavy atom. The van der Waals surface area contributed by atoms with Gasteiger partial charge in [-0.05, 0) is 36.2 Å². The molecule has 0 spiro atoms. The van der Waals surface area contributed by atoms with Crippen LogP contribution in [-0.4, -0.2) is 18.8 Å². The van der Waals surface area contributed by atoms with Gasteiger partial charge in [0.25, 0.3) is 0 Å². The second-order valence-electron chi connectivity index (χ2n) is 5.01. The second kappa shape index (κ2) is 8.99. The highest BCUT2D eigenvalue weighted by atomic mass is 79.9. The number of hydrogen-bond donors (Lipinski definition) is 1. The fourth-order valence-electron chi connectivity index (χ4n) is 2.25. The van der Waals surface area contributed by atoms with Crippen molar-refractivity contribution >= 4 is 39.3 Å². The predicted octanol–water partition coefficient (Wildman–Crippen LogP) is 4.89. The van der Waals surface area contributed by atoms with Crippen molar-refractivity contribution in [1.29, 1.82) is 0 Å². The highest BCUT2D eigenvalue weighted by molar-refractivity contribution is 9.10. The fraction of sp³-hybridized carbons (Fsp3) is 0.278. The Kier molecular flexibility index (Phi) is 6.99. The minimum Gasteiger partial charge on any atom is -0.496 e. The van der Waals surface area contributed by atoms with Gasteiger partial charge in [0.15, 0.2) is 0 Å². The van der Waals surface area contributed by atoms with Crippen molar-refractivity contribution in [2.24, 2.45) is 0 Å². The quantitative estimate of drug-likeness (QED) is 0.727. The Hall–Kier alpha value is -1.46. The first-order valence-electron chi connectivity index (χ1n) is 7.42. The van der Waals surface area contributed by atoms with Crippen LogP contribution in [0.3, 0.4) is 0 Å². The van der Waals surface area contributed by atoms with E-state index in [9.17, 15) is 4.79 Å². The number of ether oxygens (including phenoxy) is 1. The highest BCUT2D eigenvalue weighted by Gasteiger charge is 2.08. The van der Waals surface area contributed by atoms with Crippen LogP contribution < -0.4 is 10.1 Å². The zero-order chi connectivity index (χ0) is 16.7. The lowest BCUT2D eigenvalue weighted by molar-refractivity contribution is -0.113. The Morgan fingerprint density at radius 3 is 2.74 bits per heavy atom. The van der Waals surface area contributed by atoms with E-state index in [1.807, 2.05) is 42.5 Å². The highest BCUT2D eigenvalue weighted by Crippen LogP contribution is 2.27. The molecule has 1 N–H and O–H groups in total. The first kappa shape index (κ1) is 17.9. The lowest BCUT2D eigenvalue weighted by Crippen LogP contribution is -2.15. The van der Waals surface area contributed by atoms with Gasteiger partial charge in [0.1, 0.15) is 5.75 Å². The van der Waals surface area contributed by atoms with Crippen LogP contribution in [0.25, 0.3) is 0 Å². The lowest BCUT2D eigenvalue weighted by Gasteiger charge is -2.11. The summed E-state index contributed by atoms with van der Waals surface area (Å²) < 4.78 is 6.36. The van der Waals surface area contributed by atoms with E-state index in [4.69, 9.17) is 4.74 Å². The van der Waals surface area contributed by atoms with E-state index in [0.29, 0.717) is 5.75 Å². The van der Waals surface area contributed by atoms with Crippen LogP contribution in [-0.2, 0) is 17.0 Å². The molecule has 0 bridgehead atoms. The number of carbonyl (C=O) groups excluding carboxylic acids is 1. The maximum Gasteiger partial charge on any atom is 0.234 e. The lowest BCUT2D eigenvalue weighted by atomic mass is 10.1. The van der Waals surface area contributed by atoms with E-state index < -0.39 is 0 Å². The summed E-state index contributed by atoms with van der Waals surface area (Å²) in [6.45, 7) is 2.08. The van der Waals surface area contributed by atoms with Gasteiger partial charge in [-0.1, -0.05) is 41.1 Å². The molecule has 1 amide bonds. The van der Waals surface area contributed by atoms with Gasteiger partial charge >= 0.3 is 0 Å². The number of benzene rings is 2. The molecule has 0 saturated heterocycles. The maximum atomic E-state index is 12.1. The van der Waals surface area contributed by atoms with Gasteiger partial charge in [0, 0.05) is 21.5 Å². The topological polar surface area (TPSA) is 38.3 Å². The average Bonchev–Trinajstić information content (AvgIpc) is 2.55. The van der Waals surface area contributed by atoms with Gasteiger partial charge in [-0.2, -0.15) is 0 Å². The van der Waals surface area contributed by atoms with Crippen molar-refractivity contribution in [3.8, 4) is 5.75 Å². The summed E-state index contributed by atoms with van der Waals surface area (Å²) in [6, 6.07) is 13.8. The number of amides is 1. The van der Waals surface area contributed by atoms with Crippen molar-refractivity contribution in [3.63, 3.8) is 0 Å².